The fraction of sp³-hybridized carbons (Fsp3) is 0.556. The second-order valence-electron chi connectivity index (χ2n) is 7.09. The van der Waals surface area contributed by atoms with E-state index in [0.717, 1.165) is 5.56 Å². The van der Waals surface area contributed by atoms with Gasteiger partial charge in [0, 0.05) is 19.6 Å². The number of primary sulfonamides is 1. The molecule has 0 saturated heterocycles. The number of alkyl carbamates (subject to hydrolysis) is 1. The Hall–Kier alpha value is -1.60. The first-order valence-electron chi connectivity index (χ1n) is 9.12. The number of rotatable bonds is 8. The van der Waals surface area contributed by atoms with Crippen LogP contribution in [0.15, 0.2) is 34.2 Å². The number of amides is 1. The van der Waals surface area contributed by atoms with Gasteiger partial charge in [-0.05, 0) is 51.8 Å². The summed E-state index contributed by atoms with van der Waals surface area (Å²) in [5, 5.41) is 14.1. The van der Waals surface area contributed by atoms with Crippen LogP contribution in [0.5, 0.6) is 0 Å². The minimum Gasteiger partial charge on any atom is -0.444 e. The van der Waals surface area contributed by atoms with Crippen molar-refractivity contribution in [2.75, 3.05) is 19.6 Å². The highest BCUT2D eigenvalue weighted by Crippen LogP contribution is 2.09. The Labute approximate surface area is 190 Å². The molecule has 0 spiro atoms. The van der Waals surface area contributed by atoms with Gasteiger partial charge >= 0.3 is 6.09 Å². The Kier molecular flexibility index (Phi) is 12.1. The van der Waals surface area contributed by atoms with Crippen molar-refractivity contribution in [1.29, 1.82) is 0 Å². The maximum atomic E-state index is 11.6. The number of guanidine groups is 1. The van der Waals surface area contributed by atoms with Gasteiger partial charge in [-0.25, -0.2) is 23.3 Å². The molecule has 0 atom stereocenters. The lowest BCUT2D eigenvalue weighted by atomic mass is 10.2. The highest BCUT2D eigenvalue weighted by molar-refractivity contribution is 14.0. The molecular formula is C18H32IN5O4S. The molecule has 0 bridgehead atoms. The van der Waals surface area contributed by atoms with Gasteiger partial charge in [-0.2, -0.15) is 0 Å². The van der Waals surface area contributed by atoms with E-state index in [4.69, 9.17) is 9.88 Å². The molecular weight excluding hydrogens is 509 g/mol. The zero-order valence-electron chi connectivity index (χ0n) is 17.3. The van der Waals surface area contributed by atoms with Gasteiger partial charge in [-0.15, -0.1) is 24.0 Å². The number of sulfonamides is 1. The summed E-state index contributed by atoms with van der Waals surface area (Å²) in [5.41, 5.74) is 0.343. The smallest absolute Gasteiger partial charge is 0.407 e. The maximum absolute atomic E-state index is 11.6. The average Bonchev–Trinajstić information content (AvgIpc) is 2.57. The number of nitrogens with one attached hydrogen (secondary N) is 3. The summed E-state index contributed by atoms with van der Waals surface area (Å²) in [7, 11) is -3.69. The number of halogens is 1. The summed E-state index contributed by atoms with van der Waals surface area (Å²) < 4.78 is 27.7. The van der Waals surface area contributed by atoms with Crippen LogP contribution in [-0.2, 0) is 21.3 Å². The third kappa shape index (κ3) is 12.5. The van der Waals surface area contributed by atoms with Gasteiger partial charge in [0.05, 0.1) is 11.4 Å². The van der Waals surface area contributed by atoms with Crippen LogP contribution in [0.4, 0.5) is 4.79 Å². The van der Waals surface area contributed by atoms with Gasteiger partial charge < -0.3 is 20.7 Å². The molecule has 0 aliphatic heterocycles. The van der Waals surface area contributed by atoms with Crippen molar-refractivity contribution in [1.82, 2.24) is 16.0 Å². The first-order valence-corrected chi connectivity index (χ1v) is 10.7. The highest BCUT2D eigenvalue weighted by atomic mass is 127. The molecule has 0 radical (unpaired) electrons. The van der Waals surface area contributed by atoms with Crippen LogP contribution >= 0.6 is 24.0 Å². The molecule has 0 aromatic heterocycles. The molecule has 1 rings (SSSR count). The SMILES string of the molecule is CCNC(=NCc1ccc(S(N)(=O)=O)cc1)NCCCNC(=O)OC(C)(C)C.I. The molecule has 5 N–H and O–H groups in total. The number of aliphatic imine (C=N–C) groups is 1. The standard InChI is InChI=1S/C18H31N5O4S.HI/c1-5-20-16(21-11-6-12-22-17(24)27-18(2,3)4)23-13-14-7-9-15(10-8-14)28(19,25)26;/h7-10H,5-6,11-13H2,1-4H3,(H,22,24)(H2,19,25,26)(H2,20,21,23);1H. The van der Waals surface area contributed by atoms with E-state index in [1.807, 2.05) is 27.7 Å². The number of ether oxygens (including phenoxy) is 1. The number of hydrogen-bond acceptors (Lipinski definition) is 5. The van der Waals surface area contributed by atoms with Crippen LogP contribution < -0.4 is 21.1 Å². The molecule has 0 heterocycles. The fourth-order valence-electron chi connectivity index (χ4n) is 2.10. The summed E-state index contributed by atoms with van der Waals surface area (Å²) >= 11 is 0. The van der Waals surface area contributed by atoms with E-state index < -0.39 is 21.7 Å². The molecule has 0 fully saturated rings. The Balaban J connectivity index is 0.00000784. The van der Waals surface area contributed by atoms with E-state index in [2.05, 4.69) is 20.9 Å². The molecule has 29 heavy (non-hydrogen) atoms. The summed E-state index contributed by atoms with van der Waals surface area (Å²) in [6.45, 7) is 9.59. The van der Waals surface area contributed by atoms with Gasteiger partial charge in [0.15, 0.2) is 5.96 Å². The quantitative estimate of drug-likeness (QED) is 0.172. The highest BCUT2D eigenvalue weighted by Gasteiger charge is 2.15. The lowest BCUT2D eigenvalue weighted by molar-refractivity contribution is 0.0527. The van der Waals surface area contributed by atoms with Crippen LogP contribution in [0.25, 0.3) is 0 Å². The fourth-order valence-corrected chi connectivity index (χ4v) is 2.61. The van der Waals surface area contributed by atoms with Crippen molar-refractivity contribution in [2.24, 2.45) is 10.1 Å². The van der Waals surface area contributed by atoms with E-state index in [9.17, 15) is 13.2 Å². The summed E-state index contributed by atoms with van der Waals surface area (Å²) in [4.78, 5) is 16.1. The summed E-state index contributed by atoms with van der Waals surface area (Å²) in [6.07, 6.45) is 0.267. The lowest BCUT2D eigenvalue weighted by Crippen LogP contribution is -2.39. The van der Waals surface area contributed by atoms with Crippen LogP contribution in [0.1, 0.15) is 39.7 Å². The van der Waals surface area contributed by atoms with Crippen LogP contribution in [0.2, 0.25) is 0 Å². The van der Waals surface area contributed by atoms with Crippen molar-refractivity contribution in [2.45, 2.75) is 51.2 Å². The number of carbonyl (C=O) groups excluding carboxylic acids is 1. The Morgan fingerprint density at radius 3 is 2.21 bits per heavy atom. The number of nitrogens with zero attached hydrogens (tertiary/aromatic N) is 1. The summed E-state index contributed by atoms with van der Waals surface area (Å²) in [6, 6.07) is 6.28. The van der Waals surface area contributed by atoms with Gasteiger partial charge in [0.1, 0.15) is 5.60 Å². The normalized spacial score (nSPS) is 12.0. The number of hydrogen-bond donors (Lipinski definition) is 4. The van der Waals surface area contributed by atoms with Gasteiger partial charge in [-0.3, -0.25) is 0 Å². The van der Waals surface area contributed by atoms with Gasteiger partial charge in [0.25, 0.3) is 0 Å². The largest absolute Gasteiger partial charge is 0.444 e. The van der Waals surface area contributed by atoms with Crippen molar-refractivity contribution in [3.8, 4) is 0 Å². The average molecular weight is 541 g/mol. The number of benzene rings is 1. The number of nitrogens with two attached hydrogens (primary N) is 1. The van der Waals surface area contributed by atoms with E-state index in [1.54, 1.807) is 12.1 Å². The Morgan fingerprint density at radius 1 is 1.10 bits per heavy atom. The minimum atomic E-state index is -3.69. The lowest BCUT2D eigenvalue weighted by Gasteiger charge is -2.19. The molecule has 11 heteroatoms. The van der Waals surface area contributed by atoms with E-state index in [1.165, 1.54) is 12.1 Å². The predicted molar refractivity (Wildman–Crippen MR) is 125 cm³/mol. The monoisotopic (exact) mass is 541 g/mol. The van der Waals surface area contributed by atoms with Crippen LogP contribution in [0, 0.1) is 0 Å². The molecule has 0 aliphatic rings. The first kappa shape index (κ1) is 27.4. The molecule has 1 aromatic rings. The van der Waals surface area contributed by atoms with E-state index in [0.29, 0.717) is 38.6 Å². The first-order chi connectivity index (χ1) is 13.0. The van der Waals surface area contributed by atoms with Crippen LogP contribution in [0.3, 0.4) is 0 Å². The van der Waals surface area contributed by atoms with Gasteiger partial charge in [-0.1, -0.05) is 12.1 Å². The topological polar surface area (TPSA) is 135 Å². The third-order valence-corrected chi connectivity index (χ3v) is 4.26. The van der Waals surface area contributed by atoms with Crippen molar-refractivity contribution < 1.29 is 17.9 Å². The molecule has 0 aliphatic carbocycles. The Bertz CT molecular complexity index is 761. The van der Waals surface area contributed by atoms with Crippen LogP contribution in [-0.4, -0.2) is 45.7 Å². The summed E-state index contributed by atoms with van der Waals surface area (Å²) in [5.74, 6) is 0.635. The van der Waals surface area contributed by atoms with Crippen molar-refractivity contribution >= 4 is 46.1 Å². The second-order valence-corrected chi connectivity index (χ2v) is 8.65. The van der Waals surface area contributed by atoms with Crippen molar-refractivity contribution in [3.05, 3.63) is 29.8 Å². The molecule has 0 saturated carbocycles. The predicted octanol–water partition coefficient (Wildman–Crippen LogP) is 1.92. The molecule has 166 valence electrons. The van der Waals surface area contributed by atoms with Gasteiger partial charge in [0.2, 0.25) is 10.0 Å². The third-order valence-electron chi connectivity index (χ3n) is 3.33. The molecule has 9 nitrogen and oxygen atoms in total. The van der Waals surface area contributed by atoms with Crippen molar-refractivity contribution in [3.63, 3.8) is 0 Å². The molecule has 0 unspecified atom stereocenters. The zero-order valence-corrected chi connectivity index (χ0v) is 20.5. The van der Waals surface area contributed by atoms with E-state index >= 15 is 0 Å². The molecule has 1 amide bonds. The minimum absolute atomic E-state index is 0. The number of carbonyl (C=O) groups is 1. The van der Waals surface area contributed by atoms with E-state index in [-0.39, 0.29) is 28.9 Å². The Morgan fingerprint density at radius 2 is 1.69 bits per heavy atom. The second kappa shape index (κ2) is 12.9. The maximum Gasteiger partial charge on any atom is 0.407 e. The zero-order chi connectivity index (χ0) is 21.2. The molecule has 1 aromatic carbocycles.